The first-order chi connectivity index (χ1) is 9.65. The Bertz CT molecular complexity index is 684. The van der Waals surface area contributed by atoms with Gasteiger partial charge in [-0.1, -0.05) is 11.6 Å². The van der Waals surface area contributed by atoms with E-state index in [0.717, 1.165) is 6.26 Å². The molecule has 1 rings (SSSR count). The van der Waals surface area contributed by atoms with Crippen molar-refractivity contribution in [1.82, 2.24) is 4.90 Å². The fourth-order valence-corrected chi connectivity index (χ4v) is 2.92. The van der Waals surface area contributed by atoms with E-state index in [4.69, 9.17) is 11.6 Å². The Labute approximate surface area is 128 Å². The Hall–Kier alpha value is -1.60. The molecule has 116 valence electrons. The number of esters is 1. The van der Waals surface area contributed by atoms with Gasteiger partial charge in [0.05, 0.1) is 28.2 Å². The lowest BCUT2D eigenvalue weighted by Crippen LogP contribution is -2.28. The molecule has 0 atom stereocenters. The molecule has 0 N–H and O–H groups in total. The maximum atomic E-state index is 12.4. The molecule has 21 heavy (non-hydrogen) atoms. The van der Waals surface area contributed by atoms with Gasteiger partial charge >= 0.3 is 5.97 Å². The van der Waals surface area contributed by atoms with Crippen LogP contribution in [0.2, 0.25) is 5.02 Å². The molecule has 0 bridgehead atoms. The van der Waals surface area contributed by atoms with Crippen LogP contribution in [0.4, 0.5) is 0 Å². The Morgan fingerprint density at radius 2 is 1.90 bits per heavy atom. The second-order valence-electron chi connectivity index (χ2n) is 4.38. The molecule has 0 heterocycles. The number of ether oxygens (including phenoxy) is 1. The van der Waals surface area contributed by atoms with Crippen LogP contribution in [0.25, 0.3) is 0 Å². The zero-order valence-electron chi connectivity index (χ0n) is 12.1. The number of rotatable bonds is 4. The van der Waals surface area contributed by atoms with Crippen molar-refractivity contribution in [2.45, 2.75) is 11.8 Å². The summed E-state index contributed by atoms with van der Waals surface area (Å²) < 4.78 is 28.2. The largest absolute Gasteiger partial charge is 0.465 e. The molecule has 0 unspecified atom stereocenters. The van der Waals surface area contributed by atoms with Crippen molar-refractivity contribution >= 4 is 33.3 Å². The highest BCUT2D eigenvalue weighted by molar-refractivity contribution is 7.90. The van der Waals surface area contributed by atoms with E-state index in [9.17, 15) is 18.0 Å². The first kappa shape index (κ1) is 17.5. The number of halogens is 1. The summed E-state index contributed by atoms with van der Waals surface area (Å²) in [5.74, 6) is -1.32. The van der Waals surface area contributed by atoms with E-state index in [0.29, 0.717) is 6.54 Å². The molecule has 6 nitrogen and oxygen atoms in total. The van der Waals surface area contributed by atoms with Crippen LogP contribution in [0, 0.1) is 0 Å². The minimum Gasteiger partial charge on any atom is -0.465 e. The first-order valence-corrected chi connectivity index (χ1v) is 8.28. The summed E-state index contributed by atoms with van der Waals surface area (Å²) in [5, 5.41) is -0.227. The normalized spacial score (nSPS) is 11.1. The summed E-state index contributed by atoms with van der Waals surface area (Å²) in [7, 11) is -0.997. The van der Waals surface area contributed by atoms with Gasteiger partial charge in [0.1, 0.15) is 0 Å². The summed E-state index contributed by atoms with van der Waals surface area (Å²) in [6.07, 6.45) is 0.971. The van der Waals surface area contributed by atoms with Crippen molar-refractivity contribution in [3.05, 3.63) is 28.3 Å². The molecule has 0 spiro atoms. The summed E-state index contributed by atoms with van der Waals surface area (Å²) in [6, 6.07) is 2.41. The molecular formula is C13H16ClNO5S. The van der Waals surface area contributed by atoms with E-state index in [1.54, 1.807) is 6.92 Å². The predicted molar refractivity (Wildman–Crippen MR) is 78.5 cm³/mol. The zero-order chi connectivity index (χ0) is 16.4. The van der Waals surface area contributed by atoms with Gasteiger partial charge in [-0.05, 0) is 19.1 Å². The molecule has 1 aromatic carbocycles. The minimum atomic E-state index is -3.68. The van der Waals surface area contributed by atoms with E-state index in [2.05, 4.69) is 4.74 Å². The highest BCUT2D eigenvalue weighted by Gasteiger charge is 2.27. The van der Waals surface area contributed by atoms with Crippen LogP contribution in [0.3, 0.4) is 0 Å². The third-order valence-electron chi connectivity index (χ3n) is 2.94. The lowest BCUT2D eigenvalue weighted by atomic mass is 10.1. The number of benzene rings is 1. The SMILES string of the molecule is CCN(C)C(=O)c1c(S(C)(=O)=O)ccc(C(=O)OC)c1Cl. The molecule has 0 aliphatic carbocycles. The molecule has 1 aromatic rings. The Morgan fingerprint density at radius 1 is 1.33 bits per heavy atom. The van der Waals surface area contributed by atoms with Gasteiger partial charge in [0, 0.05) is 19.8 Å². The van der Waals surface area contributed by atoms with Crippen LogP contribution < -0.4 is 0 Å². The Kier molecular flexibility index (Phi) is 5.36. The fourth-order valence-electron chi connectivity index (χ4n) is 1.67. The summed E-state index contributed by atoms with van der Waals surface area (Å²) in [5.41, 5.74) is -0.272. The Morgan fingerprint density at radius 3 is 2.33 bits per heavy atom. The van der Waals surface area contributed by atoms with Gasteiger partial charge in [0.2, 0.25) is 0 Å². The lowest BCUT2D eigenvalue weighted by Gasteiger charge is -2.18. The number of nitrogens with zero attached hydrogens (tertiary/aromatic N) is 1. The molecule has 0 saturated carbocycles. The number of carbonyl (C=O) groups excluding carboxylic acids is 2. The van der Waals surface area contributed by atoms with E-state index in [1.165, 1.54) is 31.2 Å². The van der Waals surface area contributed by atoms with E-state index in [1.807, 2.05) is 0 Å². The average molecular weight is 334 g/mol. The summed E-state index contributed by atoms with van der Waals surface area (Å²) in [4.78, 5) is 25.1. The molecule has 0 aromatic heterocycles. The van der Waals surface area contributed by atoms with Crippen LogP contribution in [-0.4, -0.2) is 52.2 Å². The second kappa shape index (κ2) is 6.44. The van der Waals surface area contributed by atoms with Crippen molar-refractivity contribution in [3.8, 4) is 0 Å². The van der Waals surface area contributed by atoms with Crippen molar-refractivity contribution in [2.75, 3.05) is 27.0 Å². The van der Waals surface area contributed by atoms with Crippen molar-refractivity contribution in [3.63, 3.8) is 0 Å². The van der Waals surface area contributed by atoms with E-state index < -0.39 is 21.7 Å². The molecule has 0 fully saturated rings. The molecule has 1 amide bonds. The van der Waals surface area contributed by atoms with Crippen LogP contribution >= 0.6 is 11.6 Å². The molecule has 0 aliphatic rings. The molecule has 0 radical (unpaired) electrons. The molecule has 0 saturated heterocycles. The molecular weight excluding hydrogens is 318 g/mol. The van der Waals surface area contributed by atoms with Gasteiger partial charge in [-0.2, -0.15) is 0 Å². The van der Waals surface area contributed by atoms with Gasteiger partial charge in [-0.25, -0.2) is 13.2 Å². The fraction of sp³-hybridized carbons (Fsp3) is 0.385. The molecule has 0 aliphatic heterocycles. The second-order valence-corrected chi connectivity index (χ2v) is 6.75. The molecule has 8 heteroatoms. The predicted octanol–water partition coefficient (Wildman–Crippen LogP) is 1.62. The number of amides is 1. The topological polar surface area (TPSA) is 80.8 Å². The zero-order valence-corrected chi connectivity index (χ0v) is 13.7. The maximum Gasteiger partial charge on any atom is 0.339 e. The smallest absolute Gasteiger partial charge is 0.339 e. The van der Waals surface area contributed by atoms with Gasteiger partial charge < -0.3 is 9.64 Å². The standard InChI is InChI=1S/C13H16ClNO5S/c1-5-15(2)12(16)10-9(21(4,18)19)7-6-8(11(10)14)13(17)20-3/h6-7H,5H2,1-4H3. The third kappa shape index (κ3) is 3.54. The number of sulfone groups is 1. The third-order valence-corrected chi connectivity index (χ3v) is 4.48. The highest BCUT2D eigenvalue weighted by Crippen LogP contribution is 2.29. The van der Waals surface area contributed by atoms with E-state index >= 15 is 0 Å². The number of methoxy groups -OCH3 is 1. The number of hydrogen-bond donors (Lipinski definition) is 0. The van der Waals surface area contributed by atoms with Gasteiger partial charge in [-0.3, -0.25) is 4.79 Å². The van der Waals surface area contributed by atoms with Gasteiger partial charge in [0.25, 0.3) is 5.91 Å². The highest BCUT2D eigenvalue weighted by atomic mass is 35.5. The van der Waals surface area contributed by atoms with Crippen LogP contribution in [0.1, 0.15) is 27.6 Å². The Balaban J connectivity index is 3.69. The number of hydrogen-bond acceptors (Lipinski definition) is 5. The van der Waals surface area contributed by atoms with Crippen molar-refractivity contribution < 1.29 is 22.7 Å². The lowest BCUT2D eigenvalue weighted by molar-refractivity contribution is 0.0601. The monoisotopic (exact) mass is 333 g/mol. The van der Waals surface area contributed by atoms with Crippen molar-refractivity contribution in [1.29, 1.82) is 0 Å². The average Bonchev–Trinajstić information content (AvgIpc) is 2.43. The first-order valence-electron chi connectivity index (χ1n) is 6.01. The van der Waals surface area contributed by atoms with E-state index in [-0.39, 0.29) is 21.0 Å². The minimum absolute atomic E-state index is 0.0561. The van der Waals surface area contributed by atoms with Crippen molar-refractivity contribution in [2.24, 2.45) is 0 Å². The number of carbonyl (C=O) groups is 2. The van der Waals surface area contributed by atoms with Crippen LogP contribution in [0.15, 0.2) is 17.0 Å². The van der Waals surface area contributed by atoms with Crippen LogP contribution in [-0.2, 0) is 14.6 Å². The summed E-state index contributed by atoms with van der Waals surface area (Å²) >= 11 is 6.08. The van der Waals surface area contributed by atoms with Gasteiger partial charge in [0.15, 0.2) is 9.84 Å². The quantitative estimate of drug-likeness (QED) is 0.782. The van der Waals surface area contributed by atoms with Gasteiger partial charge in [-0.15, -0.1) is 0 Å². The maximum absolute atomic E-state index is 12.4. The summed E-state index contributed by atoms with van der Waals surface area (Å²) in [6.45, 7) is 2.09. The van der Waals surface area contributed by atoms with Crippen LogP contribution in [0.5, 0.6) is 0 Å².